The molecular weight excluding hydrogens is 354 g/mol. The van der Waals surface area contributed by atoms with Crippen molar-refractivity contribution >= 4 is 29.2 Å². The first kappa shape index (κ1) is 16.5. The van der Waals surface area contributed by atoms with Gasteiger partial charge in [-0.25, -0.2) is 13.8 Å². The number of fused-ring (bicyclic) bond motifs is 1. The van der Waals surface area contributed by atoms with E-state index in [2.05, 4.69) is 10.1 Å². The Labute approximate surface area is 144 Å². The van der Waals surface area contributed by atoms with Crippen molar-refractivity contribution in [3.63, 3.8) is 0 Å². The molecule has 0 saturated carbocycles. The number of hydrogen-bond donors (Lipinski definition) is 1. The zero-order valence-electron chi connectivity index (χ0n) is 12.3. The van der Waals surface area contributed by atoms with Crippen molar-refractivity contribution in [1.29, 1.82) is 5.26 Å². The van der Waals surface area contributed by atoms with E-state index in [-0.39, 0.29) is 27.7 Å². The van der Waals surface area contributed by atoms with Crippen molar-refractivity contribution in [2.24, 2.45) is 0 Å². The van der Waals surface area contributed by atoms with Crippen LogP contribution in [0.5, 0.6) is 5.88 Å². The minimum Gasteiger partial charge on any atom is -0.493 e. The lowest BCUT2D eigenvalue weighted by Gasteiger charge is -2.05. The highest BCUT2D eigenvalue weighted by atomic mass is 32.2. The number of nitrogens with zero attached hydrogens (tertiary/aromatic N) is 4. The number of nitriles is 1. The minimum atomic E-state index is -0.918. The Kier molecular flexibility index (Phi) is 4.59. The normalized spacial score (nSPS) is 10.9. The van der Waals surface area contributed by atoms with E-state index in [4.69, 9.17) is 0 Å². The lowest BCUT2D eigenvalue weighted by Crippen LogP contribution is -1.97. The van der Waals surface area contributed by atoms with E-state index in [1.165, 1.54) is 34.5 Å². The van der Waals surface area contributed by atoms with Gasteiger partial charge in [-0.3, -0.25) is 0 Å². The summed E-state index contributed by atoms with van der Waals surface area (Å²) in [5.41, 5.74) is 0.927. The van der Waals surface area contributed by atoms with Crippen molar-refractivity contribution in [3.05, 3.63) is 47.2 Å². The Morgan fingerprint density at radius 1 is 1.38 bits per heavy atom. The van der Waals surface area contributed by atoms with Gasteiger partial charge in [0.2, 0.25) is 5.88 Å². The van der Waals surface area contributed by atoms with E-state index in [1.54, 1.807) is 6.26 Å². The standard InChI is InChI=1S/C15H10F2N4OS2/c1-23-15-9(6-18)14-19-8(5-12(22)21(14)20-15)7-24-11-4-2-3-10(16)13(11)17/h2-5,22H,7H2,1H3. The van der Waals surface area contributed by atoms with Crippen molar-refractivity contribution in [1.82, 2.24) is 14.6 Å². The van der Waals surface area contributed by atoms with Crippen LogP contribution in [0.4, 0.5) is 8.78 Å². The predicted octanol–water partition coefficient (Wildman–Crippen LogP) is 3.60. The highest BCUT2D eigenvalue weighted by molar-refractivity contribution is 7.98. The maximum Gasteiger partial charge on any atom is 0.215 e. The summed E-state index contributed by atoms with van der Waals surface area (Å²) in [5.74, 6) is -1.81. The molecule has 1 aromatic carbocycles. The molecule has 0 aliphatic carbocycles. The molecule has 3 rings (SSSR count). The maximum atomic E-state index is 13.7. The average Bonchev–Trinajstić information content (AvgIpc) is 2.94. The SMILES string of the molecule is CSc1nn2c(O)cc(CSc3cccc(F)c3F)nc2c1C#N. The van der Waals surface area contributed by atoms with E-state index < -0.39 is 11.6 Å². The second kappa shape index (κ2) is 6.67. The van der Waals surface area contributed by atoms with Crippen LogP contribution in [0.3, 0.4) is 0 Å². The largest absolute Gasteiger partial charge is 0.493 e. The summed E-state index contributed by atoms with van der Waals surface area (Å²) < 4.78 is 28.1. The summed E-state index contributed by atoms with van der Waals surface area (Å²) in [6.45, 7) is 0. The fourth-order valence-electron chi connectivity index (χ4n) is 2.09. The minimum absolute atomic E-state index is 0.148. The van der Waals surface area contributed by atoms with Gasteiger partial charge in [0.05, 0.1) is 5.69 Å². The molecule has 24 heavy (non-hydrogen) atoms. The lowest BCUT2D eigenvalue weighted by molar-refractivity contribution is 0.433. The first-order valence-corrected chi connectivity index (χ1v) is 8.88. The highest BCUT2D eigenvalue weighted by Gasteiger charge is 2.17. The molecule has 5 nitrogen and oxygen atoms in total. The van der Waals surface area contributed by atoms with Crippen molar-refractivity contribution in [2.45, 2.75) is 15.7 Å². The van der Waals surface area contributed by atoms with Gasteiger partial charge < -0.3 is 5.11 Å². The number of thioether (sulfide) groups is 2. The first-order chi connectivity index (χ1) is 11.5. The summed E-state index contributed by atoms with van der Waals surface area (Å²) >= 11 is 2.32. The van der Waals surface area contributed by atoms with E-state index in [1.807, 2.05) is 6.07 Å². The van der Waals surface area contributed by atoms with E-state index >= 15 is 0 Å². The first-order valence-electron chi connectivity index (χ1n) is 6.67. The molecule has 0 aliphatic rings. The molecule has 2 aromatic heterocycles. The van der Waals surface area contributed by atoms with Gasteiger partial charge in [0.25, 0.3) is 0 Å². The van der Waals surface area contributed by atoms with Crippen LogP contribution in [0.1, 0.15) is 11.3 Å². The second-order valence-corrected chi connectivity index (χ2v) is 6.49. The van der Waals surface area contributed by atoms with Crippen LogP contribution in [0.15, 0.2) is 34.2 Å². The number of hydrogen-bond acceptors (Lipinski definition) is 6. The zero-order valence-corrected chi connectivity index (χ0v) is 14.0. The van der Waals surface area contributed by atoms with Gasteiger partial charge in [0.1, 0.15) is 16.7 Å². The van der Waals surface area contributed by atoms with Gasteiger partial charge in [0.15, 0.2) is 17.3 Å². The molecule has 0 radical (unpaired) electrons. The topological polar surface area (TPSA) is 74.2 Å². The van der Waals surface area contributed by atoms with Gasteiger partial charge in [-0.1, -0.05) is 6.07 Å². The molecule has 122 valence electrons. The summed E-state index contributed by atoms with van der Waals surface area (Å²) in [5, 5.41) is 23.9. The monoisotopic (exact) mass is 364 g/mol. The Balaban J connectivity index is 1.96. The molecule has 0 fully saturated rings. The molecule has 0 unspecified atom stereocenters. The van der Waals surface area contributed by atoms with Crippen LogP contribution in [-0.4, -0.2) is 26.0 Å². The fraction of sp³-hybridized carbons (Fsp3) is 0.133. The molecule has 0 amide bonds. The van der Waals surface area contributed by atoms with Gasteiger partial charge in [-0.15, -0.1) is 23.5 Å². The van der Waals surface area contributed by atoms with Crippen molar-refractivity contribution < 1.29 is 13.9 Å². The Morgan fingerprint density at radius 3 is 2.88 bits per heavy atom. The quantitative estimate of drug-likeness (QED) is 0.713. The molecule has 1 N–H and O–H groups in total. The average molecular weight is 364 g/mol. The summed E-state index contributed by atoms with van der Waals surface area (Å²) in [6.07, 6.45) is 1.77. The van der Waals surface area contributed by atoms with Crippen LogP contribution in [0.2, 0.25) is 0 Å². The number of benzene rings is 1. The number of rotatable bonds is 4. The molecule has 2 heterocycles. The maximum absolute atomic E-state index is 13.7. The molecule has 3 aromatic rings. The molecule has 0 atom stereocenters. The molecule has 0 spiro atoms. The molecule has 9 heteroatoms. The van der Waals surface area contributed by atoms with Crippen LogP contribution >= 0.6 is 23.5 Å². The number of aromatic nitrogens is 3. The fourth-order valence-corrected chi connectivity index (χ4v) is 3.45. The van der Waals surface area contributed by atoms with Crippen molar-refractivity contribution in [3.8, 4) is 11.9 Å². The summed E-state index contributed by atoms with van der Waals surface area (Å²) in [4.78, 5) is 4.46. The molecule has 0 bridgehead atoms. The third-order valence-electron chi connectivity index (χ3n) is 3.19. The third-order valence-corrected chi connectivity index (χ3v) is 4.93. The Bertz CT molecular complexity index is 968. The van der Waals surface area contributed by atoms with E-state index in [0.717, 1.165) is 17.8 Å². The predicted molar refractivity (Wildman–Crippen MR) is 87.1 cm³/mol. The number of aromatic hydroxyl groups is 1. The third kappa shape index (κ3) is 2.90. The zero-order chi connectivity index (χ0) is 17.3. The van der Waals surface area contributed by atoms with Gasteiger partial charge in [-0.2, -0.15) is 14.9 Å². The lowest BCUT2D eigenvalue weighted by atomic mass is 10.3. The van der Waals surface area contributed by atoms with Crippen molar-refractivity contribution in [2.75, 3.05) is 6.26 Å². The van der Waals surface area contributed by atoms with E-state index in [0.29, 0.717) is 10.7 Å². The highest BCUT2D eigenvalue weighted by Crippen LogP contribution is 2.29. The smallest absolute Gasteiger partial charge is 0.215 e. The van der Waals surface area contributed by atoms with Crippen LogP contribution in [0.25, 0.3) is 5.65 Å². The van der Waals surface area contributed by atoms with Gasteiger partial charge in [0, 0.05) is 16.7 Å². The Morgan fingerprint density at radius 2 is 2.17 bits per heavy atom. The molecule has 0 saturated heterocycles. The summed E-state index contributed by atoms with van der Waals surface area (Å²) in [7, 11) is 0. The molecular formula is C15H10F2N4OS2. The summed E-state index contributed by atoms with van der Waals surface area (Å²) in [6, 6.07) is 7.34. The van der Waals surface area contributed by atoms with Crippen LogP contribution in [-0.2, 0) is 5.75 Å². The number of halogens is 2. The van der Waals surface area contributed by atoms with E-state index in [9.17, 15) is 19.1 Å². The van der Waals surface area contributed by atoms with Gasteiger partial charge >= 0.3 is 0 Å². The van der Waals surface area contributed by atoms with Crippen LogP contribution < -0.4 is 0 Å². The van der Waals surface area contributed by atoms with Gasteiger partial charge in [-0.05, 0) is 18.4 Å². The second-order valence-electron chi connectivity index (χ2n) is 4.68. The van der Waals surface area contributed by atoms with Crippen LogP contribution in [0, 0.1) is 23.0 Å². The Hall–Kier alpha value is -2.31. The molecule has 0 aliphatic heterocycles.